The van der Waals surface area contributed by atoms with Crippen molar-refractivity contribution in [3.63, 3.8) is 0 Å². The van der Waals surface area contributed by atoms with E-state index >= 15 is 0 Å². The lowest BCUT2D eigenvalue weighted by Crippen LogP contribution is -2.45. The molecule has 30 heavy (non-hydrogen) atoms. The average molecular weight is 402 g/mol. The third-order valence-electron chi connectivity index (χ3n) is 6.39. The number of nitrogens with zero attached hydrogens (tertiary/aromatic N) is 4. The summed E-state index contributed by atoms with van der Waals surface area (Å²) in [6, 6.07) is 18.8. The molecule has 5 rings (SSSR count). The Morgan fingerprint density at radius 1 is 1.03 bits per heavy atom. The number of hydrogen-bond acceptors (Lipinski definition) is 4. The number of para-hydroxylation sites is 2. The van der Waals surface area contributed by atoms with Gasteiger partial charge in [-0.15, -0.1) is 0 Å². The van der Waals surface area contributed by atoms with Crippen LogP contribution in [0.4, 0.5) is 0 Å². The van der Waals surface area contributed by atoms with Gasteiger partial charge in [0.2, 0.25) is 0 Å². The fourth-order valence-electron chi connectivity index (χ4n) is 4.75. The van der Waals surface area contributed by atoms with Gasteiger partial charge in [-0.3, -0.25) is 10.3 Å². The highest BCUT2D eigenvalue weighted by Gasteiger charge is 2.36. The highest BCUT2D eigenvalue weighted by molar-refractivity contribution is 6.23. The largest absolute Gasteiger partial charge is 0.510 e. The van der Waals surface area contributed by atoms with Gasteiger partial charge in [-0.2, -0.15) is 0 Å². The summed E-state index contributed by atoms with van der Waals surface area (Å²) >= 11 is 0. The molecule has 0 aliphatic carbocycles. The van der Waals surface area contributed by atoms with Crippen molar-refractivity contribution in [3.05, 3.63) is 71.7 Å². The number of piperidine rings is 1. The standard InChI is InChI=1S/C24H27N5O/c1-27-20-10-6-5-9-19(20)26-24(27)22-21(30)16-29(23(22)25)18-11-13-28(14-12-18)15-17-7-3-2-4-8-17/h2-10,18,25,30H,11-16H2,1H3. The first-order valence-electron chi connectivity index (χ1n) is 10.6. The topological polar surface area (TPSA) is 68.4 Å². The third kappa shape index (κ3) is 3.27. The highest BCUT2D eigenvalue weighted by Crippen LogP contribution is 2.32. The van der Waals surface area contributed by atoms with Crippen LogP contribution in [0.1, 0.15) is 24.2 Å². The van der Waals surface area contributed by atoms with Crippen molar-refractivity contribution in [3.8, 4) is 0 Å². The lowest BCUT2D eigenvalue weighted by Gasteiger charge is -2.37. The summed E-state index contributed by atoms with van der Waals surface area (Å²) < 4.78 is 1.97. The van der Waals surface area contributed by atoms with Crippen molar-refractivity contribution in [2.24, 2.45) is 7.05 Å². The van der Waals surface area contributed by atoms with Gasteiger partial charge in [0.25, 0.3) is 0 Å². The molecule has 0 saturated carbocycles. The van der Waals surface area contributed by atoms with Gasteiger partial charge in [0.1, 0.15) is 17.4 Å². The maximum absolute atomic E-state index is 10.7. The first kappa shape index (κ1) is 18.9. The molecule has 2 aromatic carbocycles. The number of aliphatic hydroxyl groups is 1. The highest BCUT2D eigenvalue weighted by atomic mass is 16.3. The molecule has 1 fully saturated rings. The molecule has 2 N–H and O–H groups in total. The molecule has 154 valence electrons. The van der Waals surface area contributed by atoms with E-state index in [4.69, 9.17) is 10.4 Å². The van der Waals surface area contributed by atoms with E-state index in [0.29, 0.717) is 23.8 Å². The number of fused-ring (bicyclic) bond motifs is 1. The summed E-state index contributed by atoms with van der Waals surface area (Å²) in [6.07, 6.45) is 2.00. The number of likely N-dealkylation sites (tertiary alicyclic amines) is 1. The van der Waals surface area contributed by atoms with Crippen molar-refractivity contribution >= 4 is 22.4 Å². The second kappa shape index (κ2) is 7.61. The average Bonchev–Trinajstić information content (AvgIpc) is 3.25. The van der Waals surface area contributed by atoms with E-state index in [1.54, 1.807) is 0 Å². The van der Waals surface area contributed by atoms with E-state index in [2.05, 4.69) is 40.1 Å². The Bertz CT molecular complexity index is 1110. The van der Waals surface area contributed by atoms with Crippen LogP contribution in [0.5, 0.6) is 0 Å². The second-order valence-electron chi connectivity index (χ2n) is 8.27. The van der Waals surface area contributed by atoms with Gasteiger partial charge in [0.05, 0.1) is 23.2 Å². The molecule has 0 spiro atoms. The maximum atomic E-state index is 10.7. The lowest BCUT2D eigenvalue weighted by molar-refractivity contribution is 0.149. The van der Waals surface area contributed by atoms with E-state index in [1.807, 2.05) is 35.9 Å². The number of aromatic nitrogens is 2. The Hall–Kier alpha value is -3.12. The van der Waals surface area contributed by atoms with Crippen LogP contribution in [0.2, 0.25) is 0 Å². The second-order valence-corrected chi connectivity index (χ2v) is 8.27. The predicted molar refractivity (Wildman–Crippen MR) is 119 cm³/mol. The number of hydrogen-bond donors (Lipinski definition) is 2. The van der Waals surface area contributed by atoms with E-state index in [-0.39, 0.29) is 11.8 Å². The van der Waals surface area contributed by atoms with Crippen LogP contribution in [-0.2, 0) is 13.6 Å². The van der Waals surface area contributed by atoms with Crippen molar-refractivity contribution in [1.82, 2.24) is 19.4 Å². The minimum atomic E-state index is 0.255. The van der Waals surface area contributed by atoms with Crippen molar-refractivity contribution in [2.75, 3.05) is 19.6 Å². The first-order chi connectivity index (χ1) is 14.6. The Morgan fingerprint density at radius 2 is 1.73 bits per heavy atom. The SMILES string of the molecule is Cn1c(C2=C(O)CN(C3CCN(Cc4ccccc4)CC3)C2=N)nc2ccccc21. The van der Waals surface area contributed by atoms with Crippen LogP contribution in [-0.4, -0.2) is 56.0 Å². The Morgan fingerprint density at radius 3 is 2.47 bits per heavy atom. The molecule has 0 amide bonds. The summed E-state index contributed by atoms with van der Waals surface area (Å²) in [5, 5.41) is 19.6. The molecule has 0 atom stereocenters. The summed E-state index contributed by atoms with van der Waals surface area (Å²) in [4.78, 5) is 9.24. The zero-order valence-corrected chi connectivity index (χ0v) is 17.3. The molecule has 2 aliphatic heterocycles. The molecule has 1 saturated heterocycles. The fourth-order valence-corrected chi connectivity index (χ4v) is 4.75. The first-order valence-corrected chi connectivity index (χ1v) is 10.6. The molecule has 3 heterocycles. The monoisotopic (exact) mass is 401 g/mol. The van der Waals surface area contributed by atoms with Gasteiger partial charge in [0.15, 0.2) is 0 Å². The van der Waals surface area contributed by atoms with Gasteiger partial charge in [0, 0.05) is 32.7 Å². The van der Waals surface area contributed by atoms with Gasteiger partial charge in [-0.1, -0.05) is 42.5 Å². The van der Waals surface area contributed by atoms with Gasteiger partial charge in [-0.05, 0) is 30.5 Å². The Kier molecular flexibility index (Phi) is 4.79. The molecule has 0 bridgehead atoms. The van der Waals surface area contributed by atoms with Crippen LogP contribution in [0.25, 0.3) is 16.6 Å². The van der Waals surface area contributed by atoms with Gasteiger partial charge < -0.3 is 14.6 Å². The lowest BCUT2D eigenvalue weighted by atomic mass is 10.0. The summed E-state index contributed by atoms with van der Waals surface area (Å²) in [5.41, 5.74) is 3.80. The summed E-state index contributed by atoms with van der Waals surface area (Å²) in [5.74, 6) is 1.32. The van der Waals surface area contributed by atoms with Crippen LogP contribution < -0.4 is 0 Å². The van der Waals surface area contributed by atoms with Gasteiger partial charge >= 0.3 is 0 Å². The zero-order valence-electron chi connectivity index (χ0n) is 17.3. The van der Waals surface area contributed by atoms with Crippen LogP contribution in [0.15, 0.2) is 60.4 Å². The van der Waals surface area contributed by atoms with E-state index in [9.17, 15) is 5.11 Å². The predicted octanol–water partition coefficient (Wildman–Crippen LogP) is 3.80. The number of rotatable bonds is 4. The molecule has 0 unspecified atom stereocenters. The number of benzene rings is 2. The third-order valence-corrected chi connectivity index (χ3v) is 6.39. The molecule has 3 aromatic rings. The number of aryl methyl sites for hydroxylation is 1. The molecule has 6 nitrogen and oxygen atoms in total. The molecular formula is C24H27N5O. The maximum Gasteiger partial charge on any atom is 0.148 e. The molecule has 2 aliphatic rings. The summed E-state index contributed by atoms with van der Waals surface area (Å²) in [6.45, 7) is 3.39. The number of aliphatic hydroxyl groups excluding tert-OH is 1. The van der Waals surface area contributed by atoms with Crippen molar-refractivity contribution in [2.45, 2.75) is 25.4 Å². The van der Waals surface area contributed by atoms with Crippen LogP contribution >= 0.6 is 0 Å². The molecule has 0 radical (unpaired) electrons. The van der Waals surface area contributed by atoms with Crippen LogP contribution in [0.3, 0.4) is 0 Å². The smallest absolute Gasteiger partial charge is 0.148 e. The van der Waals surface area contributed by atoms with Crippen molar-refractivity contribution < 1.29 is 5.11 Å². The van der Waals surface area contributed by atoms with E-state index in [1.165, 1.54) is 5.56 Å². The number of nitrogens with one attached hydrogen (secondary N) is 1. The van der Waals surface area contributed by atoms with E-state index in [0.717, 1.165) is 43.5 Å². The Labute approximate surface area is 176 Å². The number of amidine groups is 1. The van der Waals surface area contributed by atoms with Crippen LogP contribution in [0, 0.1) is 5.41 Å². The number of imidazole rings is 1. The van der Waals surface area contributed by atoms with Gasteiger partial charge in [-0.25, -0.2) is 4.98 Å². The molecule has 1 aromatic heterocycles. The van der Waals surface area contributed by atoms with E-state index < -0.39 is 0 Å². The fraction of sp³-hybridized carbons (Fsp3) is 0.333. The molecule has 6 heteroatoms. The quantitative estimate of drug-likeness (QED) is 0.698. The molecular weight excluding hydrogens is 374 g/mol. The minimum absolute atomic E-state index is 0.255. The zero-order chi connectivity index (χ0) is 20.7. The minimum Gasteiger partial charge on any atom is -0.510 e. The van der Waals surface area contributed by atoms with Crippen molar-refractivity contribution in [1.29, 1.82) is 5.41 Å². The Balaban J connectivity index is 1.29. The normalized spacial score (nSPS) is 18.7. The summed E-state index contributed by atoms with van der Waals surface area (Å²) in [7, 11) is 1.95.